The summed E-state index contributed by atoms with van der Waals surface area (Å²) in [6, 6.07) is 1.61. The lowest BCUT2D eigenvalue weighted by Gasteiger charge is -2.44. The molecule has 1 aromatic heterocycles. The number of hydrogen-bond acceptors (Lipinski definition) is 6. The van der Waals surface area contributed by atoms with Gasteiger partial charge in [-0.1, -0.05) is 0 Å². The molecule has 0 saturated carbocycles. The highest BCUT2D eigenvalue weighted by atomic mass is 16.5. The van der Waals surface area contributed by atoms with Gasteiger partial charge in [0.2, 0.25) is 17.7 Å². The van der Waals surface area contributed by atoms with Crippen molar-refractivity contribution in [2.75, 3.05) is 32.2 Å². The summed E-state index contributed by atoms with van der Waals surface area (Å²) in [4.78, 5) is 10.2. The maximum absolute atomic E-state index is 9.64. The Morgan fingerprint density at radius 1 is 1.25 bits per heavy atom. The molecule has 2 heterocycles. The molecule has 88 valence electrons. The fourth-order valence-electron chi connectivity index (χ4n) is 1.66. The van der Waals surface area contributed by atoms with Gasteiger partial charge in [0.15, 0.2) is 0 Å². The summed E-state index contributed by atoms with van der Waals surface area (Å²) >= 11 is 0. The molecule has 0 aromatic carbocycles. The molecule has 0 bridgehead atoms. The zero-order valence-corrected chi connectivity index (χ0v) is 9.60. The van der Waals surface area contributed by atoms with E-state index < -0.39 is 5.60 Å². The molecule has 2 rings (SSSR count). The van der Waals surface area contributed by atoms with Crippen LogP contribution in [-0.4, -0.2) is 48.0 Å². The minimum atomic E-state index is -0.653. The minimum absolute atomic E-state index is 0.452. The number of hydrogen-bond donors (Lipinski definition) is 1. The molecule has 1 fully saturated rings. The van der Waals surface area contributed by atoms with Crippen molar-refractivity contribution in [2.24, 2.45) is 0 Å². The van der Waals surface area contributed by atoms with Gasteiger partial charge in [-0.3, -0.25) is 0 Å². The summed E-state index contributed by atoms with van der Waals surface area (Å²) in [7, 11) is 3.08. The van der Waals surface area contributed by atoms with E-state index in [1.54, 1.807) is 13.0 Å². The SMILES string of the molecule is COc1cc(OC)nc(N2CC(C)(O)C2)n1. The maximum atomic E-state index is 9.64. The van der Waals surface area contributed by atoms with Gasteiger partial charge in [0, 0.05) is 0 Å². The lowest BCUT2D eigenvalue weighted by atomic mass is 9.98. The third-order valence-electron chi connectivity index (χ3n) is 2.43. The predicted octanol–water partition coefficient (Wildman–Crippen LogP) is 0.0648. The monoisotopic (exact) mass is 225 g/mol. The van der Waals surface area contributed by atoms with Crippen molar-refractivity contribution in [1.82, 2.24) is 9.97 Å². The third kappa shape index (κ3) is 2.01. The molecule has 1 aliphatic rings. The number of rotatable bonds is 3. The Kier molecular flexibility index (Phi) is 2.59. The Hall–Kier alpha value is -1.56. The van der Waals surface area contributed by atoms with Crippen LogP contribution in [0.4, 0.5) is 5.95 Å². The summed E-state index contributed by atoms with van der Waals surface area (Å²) in [5.41, 5.74) is -0.653. The molecular formula is C10H15N3O3. The van der Waals surface area contributed by atoms with Crippen LogP contribution in [0, 0.1) is 0 Å². The van der Waals surface area contributed by atoms with Crippen molar-refractivity contribution >= 4 is 5.95 Å². The van der Waals surface area contributed by atoms with Gasteiger partial charge in [0.05, 0.1) is 39.0 Å². The molecule has 0 spiro atoms. The Labute approximate surface area is 93.8 Å². The predicted molar refractivity (Wildman–Crippen MR) is 58.0 cm³/mol. The van der Waals surface area contributed by atoms with Crippen molar-refractivity contribution in [1.29, 1.82) is 0 Å². The van der Waals surface area contributed by atoms with Crippen LogP contribution in [0.25, 0.3) is 0 Å². The van der Waals surface area contributed by atoms with Crippen LogP contribution < -0.4 is 14.4 Å². The van der Waals surface area contributed by atoms with Gasteiger partial charge >= 0.3 is 0 Å². The normalized spacial score (nSPS) is 17.9. The average Bonchev–Trinajstić information content (AvgIpc) is 2.25. The molecule has 0 aliphatic carbocycles. The first-order valence-corrected chi connectivity index (χ1v) is 4.98. The van der Waals surface area contributed by atoms with Crippen LogP contribution >= 0.6 is 0 Å². The summed E-state index contributed by atoms with van der Waals surface area (Å²) in [5, 5.41) is 9.64. The van der Waals surface area contributed by atoms with E-state index in [4.69, 9.17) is 9.47 Å². The van der Waals surface area contributed by atoms with Crippen molar-refractivity contribution in [3.05, 3.63) is 6.07 Å². The van der Waals surface area contributed by atoms with Crippen LogP contribution in [0.5, 0.6) is 11.8 Å². The van der Waals surface area contributed by atoms with E-state index >= 15 is 0 Å². The topological polar surface area (TPSA) is 67.7 Å². The second-order valence-corrected chi connectivity index (χ2v) is 4.11. The maximum Gasteiger partial charge on any atom is 0.232 e. The van der Waals surface area contributed by atoms with E-state index in [1.165, 1.54) is 14.2 Å². The van der Waals surface area contributed by atoms with E-state index in [9.17, 15) is 5.11 Å². The summed E-state index contributed by atoms with van der Waals surface area (Å²) in [6.07, 6.45) is 0. The number of aromatic nitrogens is 2. The van der Waals surface area contributed by atoms with Gasteiger partial charge in [0.1, 0.15) is 0 Å². The number of nitrogens with zero attached hydrogens (tertiary/aromatic N) is 3. The smallest absolute Gasteiger partial charge is 0.232 e. The Bertz CT molecular complexity index is 365. The van der Waals surface area contributed by atoms with Crippen molar-refractivity contribution < 1.29 is 14.6 Å². The number of β-amino-alcohol motifs (C(OH)–C–C–N with tert-alkyl or cyclic N) is 1. The highest BCUT2D eigenvalue weighted by molar-refractivity contribution is 5.41. The van der Waals surface area contributed by atoms with Crippen LogP contribution in [0.15, 0.2) is 6.07 Å². The molecule has 1 aromatic rings. The van der Waals surface area contributed by atoms with Crippen LogP contribution in [0.3, 0.4) is 0 Å². The zero-order chi connectivity index (χ0) is 11.8. The largest absolute Gasteiger partial charge is 0.481 e. The van der Waals surface area contributed by atoms with Gasteiger partial charge in [-0.2, -0.15) is 9.97 Å². The highest BCUT2D eigenvalue weighted by Crippen LogP contribution is 2.27. The van der Waals surface area contributed by atoms with Crippen molar-refractivity contribution in [3.8, 4) is 11.8 Å². The fraction of sp³-hybridized carbons (Fsp3) is 0.600. The van der Waals surface area contributed by atoms with Gasteiger partial charge in [-0.05, 0) is 6.92 Å². The van der Waals surface area contributed by atoms with Crippen molar-refractivity contribution in [3.63, 3.8) is 0 Å². The first-order chi connectivity index (χ1) is 7.54. The van der Waals surface area contributed by atoms with Gasteiger partial charge in [0.25, 0.3) is 0 Å². The second-order valence-electron chi connectivity index (χ2n) is 4.11. The lowest BCUT2D eigenvalue weighted by Crippen LogP contribution is -2.60. The number of anilines is 1. The molecule has 1 aliphatic heterocycles. The van der Waals surface area contributed by atoms with Crippen LogP contribution in [0.2, 0.25) is 0 Å². The number of aliphatic hydroxyl groups is 1. The van der Waals surface area contributed by atoms with Crippen molar-refractivity contribution in [2.45, 2.75) is 12.5 Å². The first-order valence-electron chi connectivity index (χ1n) is 4.98. The standard InChI is InChI=1S/C10H15N3O3/c1-10(14)5-13(6-10)9-11-7(15-2)4-8(12-9)16-3/h4,14H,5-6H2,1-3H3. The molecular weight excluding hydrogens is 210 g/mol. The lowest BCUT2D eigenvalue weighted by molar-refractivity contribution is 0.0298. The van der Waals surface area contributed by atoms with E-state index in [1.807, 2.05) is 4.90 Å². The van der Waals surface area contributed by atoms with Crippen LogP contribution in [-0.2, 0) is 0 Å². The molecule has 0 radical (unpaired) electrons. The average molecular weight is 225 g/mol. The summed E-state index contributed by atoms with van der Waals surface area (Å²) in [5.74, 6) is 1.42. The quantitative estimate of drug-likeness (QED) is 0.785. The third-order valence-corrected chi connectivity index (χ3v) is 2.43. The number of ether oxygens (including phenoxy) is 2. The summed E-state index contributed by atoms with van der Waals surface area (Å²) < 4.78 is 10.1. The molecule has 6 nitrogen and oxygen atoms in total. The molecule has 1 N–H and O–H groups in total. The van der Waals surface area contributed by atoms with Gasteiger partial charge in [-0.15, -0.1) is 0 Å². The molecule has 16 heavy (non-hydrogen) atoms. The van der Waals surface area contributed by atoms with E-state index in [2.05, 4.69) is 9.97 Å². The zero-order valence-electron chi connectivity index (χ0n) is 9.60. The Morgan fingerprint density at radius 3 is 2.12 bits per heavy atom. The van der Waals surface area contributed by atoms with E-state index in [-0.39, 0.29) is 0 Å². The first kappa shape index (κ1) is 10.9. The molecule has 1 saturated heterocycles. The molecule has 6 heteroatoms. The Balaban J connectivity index is 2.21. The Morgan fingerprint density at radius 2 is 1.75 bits per heavy atom. The summed E-state index contributed by atoms with van der Waals surface area (Å²) in [6.45, 7) is 2.81. The highest BCUT2D eigenvalue weighted by Gasteiger charge is 2.38. The van der Waals surface area contributed by atoms with Gasteiger partial charge < -0.3 is 19.5 Å². The fourth-order valence-corrected chi connectivity index (χ4v) is 1.66. The van der Waals surface area contributed by atoms with E-state index in [0.717, 1.165) is 0 Å². The van der Waals surface area contributed by atoms with Crippen LogP contribution in [0.1, 0.15) is 6.92 Å². The van der Waals surface area contributed by atoms with Gasteiger partial charge in [-0.25, -0.2) is 0 Å². The van der Waals surface area contributed by atoms with E-state index in [0.29, 0.717) is 30.8 Å². The molecule has 0 amide bonds. The molecule has 0 atom stereocenters. The number of methoxy groups -OCH3 is 2. The minimum Gasteiger partial charge on any atom is -0.481 e. The molecule has 0 unspecified atom stereocenters. The second kappa shape index (κ2) is 3.79.